The molecule has 26 heavy (non-hydrogen) atoms. The molecule has 0 spiro atoms. The van der Waals surface area contributed by atoms with Gasteiger partial charge in [0.2, 0.25) is 11.8 Å². The van der Waals surface area contributed by atoms with E-state index in [2.05, 4.69) is 15.7 Å². The largest absolute Gasteiger partial charge is 0.326 e. The zero-order valence-electron chi connectivity index (χ0n) is 14.9. The Balaban J connectivity index is 1.37. The second kappa shape index (κ2) is 6.94. The van der Waals surface area contributed by atoms with Crippen LogP contribution in [0.3, 0.4) is 0 Å². The van der Waals surface area contributed by atoms with Gasteiger partial charge in [0.15, 0.2) is 0 Å². The van der Waals surface area contributed by atoms with E-state index < -0.39 is 6.04 Å². The molecular weight excluding hydrogens is 328 g/mol. The van der Waals surface area contributed by atoms with Gasteiger partial charge in [0, 0.05) is 29.7 Å². The minimum atomic E-state index is -0.405. The monoisotopic (exact) mass is 352 g/mol. The van der Waals surface area contributed by atoms with Gasteiger partial charge in [-0.05, 0) is 55.9 Å². The number of carbonyl (C=O) groups is 2. The topological polar surface area (TPSA) is 76.0 Å². The number of benzene rings is 1. The van der Waals surface area contributed by atoms with Crippen LogP contribution in [0.25, 0.3) is 0 Å². The third kappa shape index (κ3) is 3.36. The molecule has 2 N–H and O–H groups in total. The molecule has 4 rings (SSSR count). The lowest BCUT2D eigenvalue weighted by Gasteiger charge is -2.13. The van der Waals surface area contributed by atoms with Gasteiger partial charge in [-0.3, -0.25) is 14.3 Å². The zero-order chi connectivity index (χ0) is 18.1. The van der Waals surface area contributed by atoms with Gasteiger partial charge in [-0.25, -0.2) is 0 Å². The average molecular weight is 352 g/mol. The van der Waals surface area contributed by atoms with E-state index in [4.69, 9.17) is 0 Å². The van der Waals surface area contributed by atoms with E-state index in [0.717, 1.165) is 5.69 Å². The van der Waals surface area contributed by atoms with Crippen molar-refractivity contribution in [2.75, 3.05) is 10.6 Å². The van der Waals surface area contributed by atoms with Crippen LogP contribution in [0.4, 0.5) is 11.4 Å². The Hall–Kier alpha value is -2.63. The van der Waals surface area contributed by atoms with Gasteiger partial charge in [0.1, 0.15) is 6.04 Å². The van der Waals surface area contributed by atoms with Gasteiger partial charge in [-0.2, -0.15) is 5.10 Å². The van der Waals surface area contributed by atoms with E-state index in [1.165, 1.54) is 25.7 Å². The second-order valence-corrected chi connectivity index (χ2v) is 7.36. The quantitative estimate of drug-likeness (QED) is 0.865. The molecule has 6 heteroatoms. The van der Waals surface area contributed by atoms with Gasteiger partial charge in [0.05, 0.1) is 0 Å². The Kier molecular flexibility index (Phi) is 4.49. The van der Waals surface area contributed by atoms with Crippen molar-refractivity contribution in [2.24, 2.45) is 17.8 Å². The Morgan fingerprint density at radius 1 is 1.12 bits per heavy atom. The summed E-state index contributed by atoms with van der Waals surface area (Å²) in [6, 6.07) is 8.70. The van der Waals surface area contributed by atoms with Crippen LogP contribution in [0, 0.1) is 17.8 Å². The summed E-state index contributed by atoms with van der Waals surface area (Å²) >= 11 is 0. The van der Waals surface area contributed by atoms with Crippen LogP contribution >= 0.6 is 0 Å². The number of aromatic nitrogens is 2. The molecule has 2 saturated carbocycles. The van der Waals surface area contributed by atoms with E-state index in [0.29, 0.717) is 17.5 Å². The standard InChI is InChI=1S/C20H24N4O2/c1-13(24-11-5-10-21-24)19(25)22-14-6-4-7-15(12-14)23-20(26)18-16-8-2-3-9-17(16)18/h4-7,10-13,16-18H,2-3,8-9H2,1H3,(H,22,25)(H,23,26)/t13-,16-,17-/m1/s1. The lowest BCUT2D eigenvalue weighted by atomic mass is 10.0. The number of fused-ring (bicyclic) bond motifs is 1. The van der Waals surface area contributed by atoms with Gasteiger partial charge in [0.25, 0.3) is 0 Å². The summed E-state index contributed by atoms with van der Waals surface area (Å²) in [5.74, 6) is 1.32. The van der Waals surface area contributed by atoms with Crippen LogP contribution < -0.4 is 10.6 Å². The predicted octanol–water partition coefficient (Wildman–Crippen LogP) is 3.46. The SMILES string of the molecule is C[C@H](C(=O)Nc1cccc(NC(=O)C2[C@@H]3CCCC[C@@H]23)c1)n1cccn1. The van der Waals surface area contributed by atoms with Gasteiger partial charge in [-0.15, -0.1) is 0 Å². The first-order valence-corrected chi connectivity index (χ1v) is 9.34. The third-order valence-electron chi connectivity index (χ3n) is 5.66. The molecular formula is C20H24N4O2. The molecule has 0 bridgehead atoms. The number of nitrogens with zero attached hydrogens (tertiary/aromatic N) is 2. The van der Waals surface area contributed by atoms with Crippen molar-refractivity contribution in [3.05, 3.63) is 42.7 Å². The van der Waals surface area contributed by atoms with Gasteiger partial charge in [-0.1, -0.05) is 18.9 Å². The lowest BCUT2D eigenvalue weighted by Crippen LogP contribution is -2.24. The zero-order valence-corrected chi connectivity index (χ0v) is 14.9. The maximum absolute atomic E-state index is 12.5. The van der Waals surface area contributed by atoms with Crippen molar-refractivity contribution < 1.29 is 9.59 Å². The molecule has 0 radical (unpaired) electrons. The number of amides is 2. The molecule has 1 heterocycles. The lowest BCUT2D eigenvalue weighted by molar-refractivity contribution is -0.119. The summed E-state index contributed by atoms with van der Waals surface area (Å²) in [4.78, 5) is 24.9. The Morgan fingerprint density at radius 3 is 2.46 bits per heavy atom. The van der Waals surface area contributed by atoms with E-state index in [-0.39, 0.29) is 17.7 Å². The second-order valence-electron chi connectivity index (χ2n) is 7.36. The number of nitrogens with one attached hydrogen (secondary N) is 2. The minimum absolute atomic E-state index is 0.121. The molecule has 0 aliphatic heterocycles. The molecule has 3 atom stereocenters. The highest BCUT2D eigenvalue weighted by atomic mass is 16.2. The molecule has 1 aromatic heterocycles. The predicted molar refractivity (Wildman–Crippen MR) is 99.6 cm³/mol. The van der Waals surface area contributed by atoms with Crippen LogP contribution in [-0.4, -0.2) is 21.6 Å². The molecule has 6 nitrogen and oxygen atoms in total. The number of hydrogen-bond donors (Lipinski definition) is 2. The Labute approximate surface area is 153 Å². The highest BCUT2D eigenvalue weighted by Gasteiger charge is 2.54. The van der Waals surface area contributed by atoms with Crippen molar-refractivity contribution in [3.8, 4) is 0 Å². The number of carbonyl (C=O) groups excluding carboxylic acids is 2. The first-order valence-electron chi connectivity index (χ1n) is 9.34. The summed E-state index contributed by atoms with van der Waals surface area (Å²) in [6.07, 6.45) is 8.28. The smallest absolute Gasteiger partial charge is 0.248 e. The molecule has 2 fully saturated rings. The Bertz CT molecular complexity index is 790. The fraction of sp³-hybridized carbons (Fsp3) is 0.450. The number of rotatable bonds is 5. The molecule has 2 aromatic rings. The molecule has 1 aromatic carbocycles. The summed E-state index contributed by atoms with van der Waals surface area (Å²) in [7, 11) is 0. The normalized spacial score (nSPS) is 25.0. The summed E-state index contributed by atoms with van der Waals surface area (Å²) < 4.78 is 1.61. The van der Waals surface area contributed by atoms with Crippen LogP contribution in [0.2, 0.25) is 0 Å². The van der Waals surface area contributed by atoms with Gasteiger partial charge < -0.3 is 10.6 Å². The van der Waals surface area contributed by atoms with Crippen molar-refractivity contribution in [1.82, 2.24) is 9.78 Å². The maximum atomic E-state index is 12.5. The molecule has 2 amide bonds. The van der Waals surface area contributed by atoms with Crippen molar-refractivity contribution in [3.63, 3.8) is 0 Å². The number of hydrogen-bond acceptors (Lipinski definition) is 3. The molecule has 2 aliphatic carbocycles. The van der Waals surface area contributed by atoms with Crippen LogP contribution in [-0.2, 0) is 9.59 Å². The maximum Gasteiger partial charge on any atom is 0.248 e. The Morgan fingerprint density at radius 2 is 1.81 bits per heavy atom. The summed E-state index contributed by atoms with van der Waals surface area (Å²) in [5.41, 5.74) is 1.39. The van der Waals surface area contributed by atoms with Crippen LogP contribution in [0.1, 0.15) is 38.6 Å². The molecule has 2 aliphatic rings. The molecule has 0 saturated heterocycles. The minimum Gasteiger partial charge on any atom is -0.326 e. The molecule has 0 unspecified atom stereocenters. The first kappa shape index (κ1) is 16.8. The van der Waals surface area contributed by atoms with E-state index in [1.54, 1.807) is 36.1 Å². The van der Waals surface area contributed by atoms with Gasteiger partial charge >= 0.3 is 0 Å². The van der Waals surface area contributed by atoms with E-state index in [1.807, 2.05) is 18.2 Å². The fourth-order valence-corrected chi connectivity index (χ4v) is 4.16. The van der Waals surface area contributed by atoms with E-state index >= 15 is 0 Å². The highest BCUT2D eigenvalue weighted by molar-refractivity contribution is 5.97. The average Bonchev–Trinajstić information content (AvgIpc) is 3.12. The fourth-order valence-electron chi connectivity index (χ4n) is 4.16. The van der Waals surface area contributed by atoms with Crippen molar-refractivity contribution in [1.29, 1.82) is 0 Å². The van der Waals surface area contributed by atoms with Crippen LogP contribution in [0.15, 0.2) is 42.7 Å². The summed E-state index contributed by atoms with van der Waals surface area (Å²) in [5, 5.41) is 10.0. The summed E-state index contributed by atoms with van der Waals surface area (Å²) in [6.45, 7) is 1.79. The highest BCUT2D eigenvalue weighted by Crippen LogP contribution is 2.55. The number of anilines is 2. The molecule has 136 valence electrons. The van der Waals surface area contributed by atoms with Crippen LogP contribution in [0.5, 0.6) is 0 Å². The van der Waals surface area contributed by atoms with E-state index in [9.17, 15) is 9.59 Å². The van der Waals surface area contributed by atoms with Crippen molar-refractivity contribution >= 4 is 23.2 Å². The third-order valence-corrected chi connectivity index (χ3v) is 5.66. The first-order chi connectivity index (χ1) is 12.6. The van der Waals surface area contributed by atoms with Crippen molar-refractivity contribution in [2.45, 2.75) is 38.6 Å².